The van der Waals surface area contributed by atoms with Gasteiger partial charge in [-0.15, -0.1) is 0 Å². The maximum absolute atomic E-state index is 9.71. The fourth-order valence-corrected chi connectivity index (χ4v) is 17.4. The SMILES string of the molecule is CC1(C)c2cc(C#N)ccc2-c2ccc(-c3ccc4c(-c5ccc6c(c5)C(C)(C)c5cc(C#N)ccc5-6)c5ccccc5c(-c5ccccc5)c4c3)cc21.CC1(C)c2cc(C#N)ccc2-c2ccc(B3OC(C)(C)C(C)(C)O3)cc21.Clc1ccc2c(Br)c3ccccc3c(-c3ccccc3)c2c1. The van der Waals surface area contributed by atoms with Gasteiger partial charge in [0.25, 0.3) is 0 Å². The Morgan fingerprint density at radius 1 is 0.304 bits per heavy atom. The van der Waals surface area contributed by atoms with Crippen molar-refractivity contribution in [1.82, 2.24) is 0 Å². The minimum absolute atomic E-state index is 0.156. The molecule has 1 aliphatic heterocycles. The van der Waals surface area contributed by atoms with E-state index in [1.165, 1.54) is 154 Å². The van der Waals surface area contributed by atoms with Crippen LogP contribution in [0.2, 0.25) is 5.02 Å². The van der Waals surface area contributed by atoms with Gasteiger partial charge in [-0.1, -0.05) is 241 Å². The summed E-state index contributed by atoms with van der Waals surface area (Å²) >= 11 is 10.0. The highest BCUT2D eigenvalue weighted by atomic mass is 79.9. The Kier molecular flexibility index (Phi) is 15.9. The summed E-state index contributed by atoms with van der Waals surface area (Å²) in [4.78, 5) is 0. The first-order valence-electron chi connectivity index (χ1n) is 34.8. The summed E-state index contributed by atoms with van der Waals surface area (Å²) in [7, 11) is -0.362. The number of halogens is 2. The van der Waals surface area contributed by atoms with Crippen molar-refractivity contribution < 1.29 is 9.31 Å². The normalized spacial score (nSPS) is 15.3. The number of nitriles is 3. The largest absolute Gasteiger partial charge is 0.494 e. The van der Waals surface area contributed by atoms with E-state index in [9.17, 15) is 15.8 Å². The Hall–Kier alpha value is -10.7. The van der Waals surface area contributed by atoms with Crippen molar-refractivity contribution >= 4 is 83.2 Å². The van der Waals surface area contributed by atoms with Crippen LogP contribution in [0.4, 0.5) is 0 Å². The fraction of sp³-hybridized carbons (Fsp3) is 0.160. The molecule has 492 valence electrons. The van der Waals surface area contributed by atoms with Gasteiger partial charge in [-0.25, -0.2) is 0 Å². The standard InChI is InChI=1S/C52H36N2.C22H24BNO2.C20H12BrCl/c1-51(2)45-24-31(29-53)14-19-37(45)39-21-16-35(27-47(39)51)34-17-23-43-44(26-34)49(33-10-6-5-7-11-33)41-12-8-9-13-42(41)50(43)36-18-22-40-38-20-15-32(30-54)25-46(38)52(3,4)48(40)28-36;1-20(2)18-11-14(13-24)7-9-16(18)17-10-8-15(12-19(17)20)23-25-21(3,4)22(5,6)26-23;21-20-16-9-5-4-8-15(16)19(13-6-2-1-3-7-13)18-12-14(22)10-11-17(18)20/h5-28H,1-4H3;7-12H,1-6H3;1-12H. The minimum Gasteiger partial charge on any atom is -0.399 e. The highest BCUT2D eigenvalue weighted by molar-refractivity contribution is 9.10. The Morgan fingerprint density at radius 3 is 1.10 bits per heavy atom. The predicted molar refractivity (Wildman–Crippen MR) is 426 cm³/mol. The molecule has 0 spiro atoms. The molecule has 102 heavy (non-hydrogen) atoms. The van der Waals surface area contributed by atoms with Crippen LogP contribution in [-0.4, -0.2) is 18.3 Å². The lowest BCUT2D eigenvalue weighted by atomic mass is 9.74. The molecule has 0 unspecified atom stereocenters. The summed E-state index contributed by atoms with van der Waals surface area (Å²) in [6.45, 7) is 21.8. The molecule has 0 N–H and O–H groups in total. The lowest BCUT2D eigenvalue weighted by Crippen LogP contribution is -2.41. The van der Waals surface area contributed by atoms with E-state index in [-0.39, 0.29) is 34.6 Å². The van der Waals surface area contributed by atoms with Crippen LogP contribution >= 0.6 is 27.5 Å². The first-order chi connectivity index (χ1) is 49.0. The Bertz CT molecular complexity index is 5990. The summed E-state index contributed by atoms with van der Waals surface area (Å²) in [6.07, 6.45) is 0. The van der Waals surface area contributed by atoms with Gasteiger partial charge in [0, 0.05) is 25.7 Å². The predicted octanol–water partition coefficient (Wildman–Crippen LogP) is 24.6. The number of hydrogen-bond acceptors (Lipinski definition) is 5. The van der Waals surface area contributed by atoms with Crippen LogP contribution in [0.25, 0.3) is 121 Å². The zero-order valence-corrected chi connectivity index (χ0v) is 61.1. The molecule has 0 aromatic heterocycles. The third-order valence-electron chi connectivity index (χ3n) is 22.7. The van der Waals surface area contributed by atoms with Gasteiger partial charge >= 0.3 is 7.12 Å². The Labute approximate surface area is 611 Å². The van der Waals surface area contributed by atoms with Crippen LogP contribution in [-0.2, 0) is 25.6 Å². The minimum atomic E-state index is -0.362. The van der Waals surface area contributed by atoms with E-state index in [2.05, 4.69) is 322 Å². The van der Waals surface area contributed by atoms with Crippen LogP contribution in [0.3, 0.4) is 0 Å². The van der Waals surface area contributed by atoms with Gasteiger partial charge in [-0.3, -0.25) is 0 Å². The Morgan fingerprint density at radius 2 is 0.627 bits per heavy atom. The van der Waals surface area contributed by atoms with Crippen LogP contribution in [0.5, 0.6) is 0 Å². The first kappa shape index (κ1) is 65.9. The summed E-state index contributed by atoms with van der Waals surface area (Å²) in [5.74, 6) is 0. The van der Waals surface area contributed by atoms with Crippen molar-refractivity contribution in [2.45, 2.75) is 96.7 Å². The monoisotopic (exact) mass is 1400 g/mol. The second kappa shape index (κ2) is 24.6. The van der Waals surface area contributed by atoms with E-state index in [1.807, 2.05) is 36.4 Å². The number of rotatable bonds is 5. The molecule has 0 amide bonds. The molecule has 18 rings (SSSR count). The van der Waals surface area contributed by atoms with Gasteiger partial charge in [0.1, 0.15) is 0 Å². The molecule has 0 saturated carbocycles. The third-order valence-corrected chi connectivity index (χ3v) is 23.7. The van der Waals surface area contributed by atoms with Gasteiger partial charge in [0.15, 0.2) is 0 Å². The Balaban J connectivity index is 0.000000138. The molecule has 1 saturated heterocycles. The number of hydrogen-bond donors (Lipinski definition) is 0. The summed E-state index contributed by atoms with van der Waals surface area (Å²) in [6, 6.07) is 97.2. The molecule has 1 fully saturated rings. The van der Waals surface area contributed by atoms with Gasteiger partial charge in [0.2, 0.25) is 0 Å². The zero-order valence-electron chi connectivity index (χ0n) is 58.7. The topological polar surface area (TPSA) is 89.8 Å². The lowest BCUT2D eigenvalue weighted by Gasteiger charge is -2.32. The van der Waals surface area contributed by atoms with E-state index in [0.717, 1.165) is 15.0 Å². The van der Waals surface area contributed by atoms with Crippen molar-refractivity contribution in [3.63, 3.8) is 0 Å². The second-order valence-electron chi connectivity index (χ2n) is 30.1. The summed E-state index contributed by atoms with van der Waals surface area (Å²) in [5, 5.41) is 39.1. The average molecular weight is 1400 g/mol. The maximum Gasteiger partial charge on any atom is 0.494 e. The summed E-state index contributed by atoms with van der Waals surface area (Å²) < 4.78 is 13.6. The van der Waals surface area contributed by atoms with Crippen LogP contribution in [0.15, 0.2) is 259 Å². The van der Waals surface area contributed by atoms with Crippen molar-refractivity contribution in [3.8, 4) is 96.1 Å². The quantitative estimate of drug-likeness (QED) is 0.126. The lowest BCUT2D eigenvalue weighted by molar-refractivity contribution is 0.00578. The molecule has 4 aliphatic rings. The number of fused-ring (bicyclic) bond motifs is 13. The molecule has 0 bridgehead atoms. The van der Waals surface area contributed by atoms with Gasteiger partial charge < -0.3 is 9.31 Å². The molecule has 14 aromatic carbocycles. The molecule has 3 aliphatic carbocycles. The third kappa shape index (κ3) is 10.6. The summed E-state index contributed by atoms with van der Waals surface area (Å²) in [5.41, 5.74) is 26.3. The molecule has 5 nitrogen and oxygen atoms in total. The van der Waals surface area contributed by atoms with Gasteiger partial charge in [0.05, 0.1) is 46.1 Å². The second-order valence-corrected chi connectivity index (χ2v) is 31.3. The van der Waals surface area contributed by atoms with E-state index >= 15 is 0 Å². The van der Waals surface area contributed by atoms with Gasteiger partial charge in [-0.05, 0) is 270 Å². The maximum atomic E-state index is 9.71. The van der Waals surface area contributed by atoms with E-state index in [1.54, 1.807) is 0 Å². The van der Waals surface area contributed by atoms with Crippen molar-refractivity contribution in [1.29, 1.82) is 15.8 Å². The van der Waals surface area contributed by atoms with E-state index in [0.29, 0.717) is 16.7 Å². The molecule has 0 radical (unpaired) electrons. The number of benzene rings is 14. The first-order valence-corrected chi connectivity index (χ1v) is 36.0. The van der Waals surface area contributed by atoms with Crippen LogP contribution in [0.1, 0.15) is 119 Å². The van der Waals surface area contributed by atoms with E-state index < -0.39 is 0 Å². The smallest absolute Gasteiger partial charge is 0.399 e. The molecule has 8 heteroatoms. The molecule has 0 atom stereocenters. The van der Waals surface area contributed by atoms with Crippen LogP contribution < -0.4 is 5.46 Å². The molecular weight excluding hydrogens is 1330 g/mol. The fourth-order valence-electron chi connectivity index (χ4n) is 16.5. The number of nitrogens with zero attached hydrogens (tertiary/aromatic N) is 3. The van der Waals surface area contributed by atoms with Crippen molar-refractivity contribution in [2.75, 3.05) is 0 Å². The zero-order chi connectivity index (χ0) is 70.9. The van der Waals surface area contributed by atoms with E-state index in [4.69, 9.17) is 20.9 Å². The highest BCUT2D eigenvalue weighted by Gasteiger charge is 2.52. The average Bonchev–Trinajstić information content (AvgIpc) is 1.17. The molecular formula is C94H72BBrClN3O2. The molecule has 14 aromatic rings. The van der Waals surface area contributed by atoms with Gasteiger partial charge in [-0.2, -0.15) is 15.8 Å². The van der Waals surface area contributed by atoms with Crippen LogP contribution in [0, 0.1) is 34.0 Å². The van der Waals surface area contributed by atoms with Crippen molar-refractivity contribution in [2.24, 2.45) is 0 Å². The molecule has 1 heterocycles. The highest BCUT2D eigenvalue weighted by Crippen LogP contribution is 2.55. The van der Waals surface area contributed by atoms with Crippen molar-refractivity contribution in [3.05, 3.63) is 314 Å².